The molecule has 0 saturated heterocycles. The minimum atomic E-state index is -0.428. The molecule has 0 spiro atoms. The van der Waals surface area contributed by atoms with Gasteiger partial charge >= 0.3 is 0 Å². The summed E-state index contributed by atoms with van der Waals surface area (Å²) in [5.41, 5.74) is 5.84. The van der Waals surface area contributed by atoms with Crippen LogP contribution in [0.25, 0.3) is 10.9 Å². The summed E-state index contributed by atoms with van der Waals surface area (Å²) in [6.07, 6.45) is 0. The van der Waals surface area contributed by atoms with Crippen LogP contribution in [0.3, 0.4) is 0 Å². The van der Waals surface area contributed by atoms with Crippen molar-refractivity contribution in [2.24, 2.45) is 0 Å². The van der Waals surface area contributed by atoms with Gasteiger partial charge in [-0.3, -0.25) is 9.69 Å². The Morgan fingerprint density at radius 2 is 1.64 bits per heavy atom. The van der Waals surface area contributed by atoms with E-state index < -0.39 is 6.04 Å². The average molecular weight is 479 g/mol. The molecule has 1 unspecified atom stereocenters. The van der Waals surface area contributed by atoms with Crippen LogP contribution in [-0.4, -0.2) is 36.6 Å². The van der Waals surface area contributed by atoms with E-state index in [1.54, 1.807) is 4.68 Å². The van der Waals surface area contributed by atoms with Gasteiger partial charge in [0.1, 0.15) is 6.04 Å². The highest BCUT2D eigenvalue weighted by atomic mass is 16.1. The molecule has 182 valence electrons. The monoisotopic (exact) mass is 478 g/mol. The zero-order valence-corrected chi connectivity index (χ0v) is 20.8. The van der Waals surface area contributed by atoms with Crippen LogP contribution in [0.5, 0.6) is 0 Å². The number of tetrazole rings is 1. The van der Waals surface area contributed by atoms with Crippen molar-refractivity contribution in [3.63, 3.8) is 0 Å². The van der Waals surface area contributed by atoms with Crippen molar-refractivity contribution in [3.8, 4) is 0 Å². The molecular weight excluding hydrogens is 448 g/mol. The van der Waals surface area contributed by atoms with E-state index in [1.807, 2.05) is 55.5 Å². The highest BCUT2D eigenvalue weighted by molar-refractivity contribution is 5.83. The van der Waals surface area contributed by atoms with Crippen molar-refractivity contribution in [2.75, 3.05) is 6.54 Å². The second kappa shape index (κ2) is 10.3. The first-order valence-corrected chi connectivity index (χ1v) is 12.3. The zero-order chi connectivity index (χ0) is 25.1. The summed E-state index contributed by atoms with van der Waals surface area (Å²) in [6.45, 7) is 8.11. The van der Waals surface area contributed by atoms with Crippen LogP contribution in [0.4, 0.5) is 0 Å². The first kappa shape index (κ1) is 23.6. The minimum Gasteiger partial charge on any atom is -0.322 e. The molecule has 1 atom stereocenters. The maximum atomic E-state index is 13.6. The van der Waals surface area contributed by atoms with E-state index in [2.05, 4.69) is 69.6 Å². The predicted octanol–water partition coefficient (Wildman–Crippen LogP) is 4.79. The Hall–Kier alpha value is -4.10. The van der Waals surface area contributed by atoms with Crippen LogP contribution >= 0.6 is 0 Å². The van der Waals surface area contributed by atoms with Gasteiger partial charge in [-0.2, -0.15) is 0 Å². The number of benzene rings is 3. The minimum absolute atomic E-state index is 0.127. The third-order valence-corrected chi connectivity index (χ3v) is 6.62. The van der Waals surface area contributed by atoms with Crippen LogP contribution in [0.15, 0.2) is 83.7 Å². The van der Waals surface area contributed by atoms with Crippen LogP contribution in [0.2, 0.25) is 0 Å². The largest absolute Gasteiger partial charge is 0.322 e. The van der Waals surface area contributed by atoms with Crippen LogP contribution in [-0.2, 0) is 13.1 Å². The van der Waals surface area contributed by atoms with Gasteiger partial charge in [0.05, 0.1) is 6.54 Å². The molecule has 0 amide bonds. The summed E-state index contributed by atoms with van der Waals surface area (Å²) in [7, 11) is 0. The molecule has 5 rings (SSSR count). The molecule has 2 aromatic heterocycles. The number of H-pyrrole nitrogens is 1. The standard InChI is InChI=1S/C29H30N6O/c1-4-34(18-22-11-7-5-8-12-22)27(28-31-32-33-35(28)19-23-13-9-6-10-14-23)25-17-24-21(3)15-20(2)16-26(24)30-29(25)36/h5-17,27H,4,18-19H2,1-3H3,(H,30,36). The van der Waals surface area contributed by atoms with Crippen molar-refractivity contribution >= 4 is 10.9 Å². The van der Waals surface area contributed by atoms with Gasteiger partial charge in [-0.25, -0.2) is 4.68 Å². The molecule has 0 bridgehead atoms. The summed E-state index contributed by atoms with van der Waals surface area (Å²) in [5, 5.41) is 13.8. The van der Waals surface area contributed by atoms with Crippen molar-refractivity contribution in [3.05, 3.63) is 123 Å². The van der Waals surface area contributed by atoms with E-state index >= 15 is 0 Å². The molecule has 0 aliphatic heterocycles. The van der Waals surface area contributed by atoms with E-state index in [-0.39, 0.29) is 5.56 Å². The number of nitrogens with zero attached hydrogens (tertiary/aromatic N) is 5. The fraction of sp³-hybridized carbons (Fsp3) is 0.241. The summed E-state index contributed by atoms with van der Waals surface area (Å²) in [5.74, 6) is 0.645. The highest BCUT2D eigenvalue weighted by Crippen LogP contribution is 2.29. The Kier molecular flexibility index (Phi) is 6.73. The molecule has 0 radical (unpaired) electrons. The molecule has 5 aromatic rings. The van der Waals surface area contributed by atoms with E-state index in [0.717, 1.165) is 33.2 Å². The SMILES string of the molecule is CCN(Cc1ccccc1)C(c1cc2c(C)cc(C)cc2[nH]c1=O)c1nnnn1Cc1ccccc1. The number of hydrogen-bond donors (Lipinski definition) is 1. The lowest BCUT2D eigenvalue weighted by Gasteiger charge is -2.30. The molecule has 0 fully saturated rings. The zero-order valence-electron chi connectivity index (χ0n) is 20.8. The molecule has 3 aromatic carbocycles. The van der Waals surface area contributed by atoms with E-state index in [4.69, 9.17) is 0 Å². The van der Waals surface area contributed by atoms with Gasteiger partial charge in [0, 0.05) is 23.0 Å². The lowest BCUT2D eigenvalue weighted by molar-refractivity contribution is 0.214. The lowest BCUT2D eigenvalue weighted by atomic mass is 9.99. The summed E-state index contributed by atoms with van der Waals surface area (Å²) >= 11 is 0. The molecule has 0 aliphatic carbocycles. The quantitative estimate of drug-likeness (QED) is 0.347. The Balaban J connectivity index is 1.66. The third-order valence-electron chi connectivity index (χ3n) is 6.62. The molecule has 7 heteroatoms. The van der Waals surface area contributed by atoms with Gasteiger partial charge in [-0.05, 0) is 65.2 Å². The van der Waals surface area contributed by atoms with Crippen LogP contribution in [0, 0.1) is 13.8 Å². The van der Waals surface area contributed by atoms with Crippen LogP contribution < -0.4 is 5.56 Å². The average Bonchev–Trinajstić information content (AvgIpc) is 3.32. The van der Waals surface area contributed by atoms with Crippen molar-refractivity contribution in [2.45, 2.75) is 39.9 Å². The topological polar surface area (TPSA) is 79.7 Å². The van der Waals surface area contributed by atoms with Crippen molar-refractivity contribution in [1.82, 2.24) is 30.1 Å². The Morgan fingerprint density at radius 1 is 0.944 bits per heavy atom. The highest BCUT2D eigenvalue weighted by Gasteiger charge is 2.30. The fourth-order valence-electron chi connectivity index (χ4n) is 4.87. The molecule has 0 saturated carbocycles. The molecule has 0 aliphatic rings. The van der Waals surface area contributed by atoms with Gasteiger partial charge in [0.25, 0.3) is 5.56 Å². The maximum Gasteiger partial charge on any atom is 0.253 e. The predicted molar refractivity (Wildman–Crippen MR) is 142 cm³/mol. The smallest absolute Gasteiger partial charge is 0.253 e. The maximum absolute atomic E-state index is 13.6. The second-order valence-corrected chi connectivity index (χ2v) is 9.23. The number of aromatic amines is 1. The number of aromatic nitrogens is 5. The van der Waals surface area contributed by atoms with Gasteiger partial charge in [0.2, 0.25) is 0 Å². The summed E-state index contributed by atoms with van der Waals surface area (Å²) < 4.78 is 1.80. The molecule has 36 heavy (non-hydrogen) atoms. The fourth-order valence-corrected chi connectivity index (χ4v) is 4.87. The van der Waals surface area contributed by atoms with Gasteiger partial charge in [-0.1, -0.05) is 73.7 Å². The van der Waals surface area contributed by atoms with Crippen molar-refractivity contribution < 1.29 is 0 Å². The molecule has 2 heterocycles. The number of fused-ring (bicyclic) bond motifs is 1. The van der Waals surface area contributed by atoms with E-state index in [1.165, 1.54) is 0 Å². The van der Waals surface area contributed by atoms with E-state index in [9.17, 15) is 4.79 Å². The first-order chi connectivity index (χ1) is 17.5. The summed E-state index contributed by atoms with van der Waals surface area (Å²) in [6, 6.07) is 26.1. The number of rotatable bonds is 8. The van der Waals surface area contributed by atoms with Gasteiger partial charge in [0.15, 0.2) is 5.82 Å². The third kappa shape index (κ3) is 4.83. The second-order valence-electron chi connectivity index (χ2n) is 9.23. The van der Waals surface area contributed by atoms with E-state index in [0.29, 0.717) is 31.0 Å². The molecular formula is C29H30N6O. The first-order valence-electron chi connectivity index (χ1n) is 12.3. The van der Waals surface area contributed by atoms with Gasteiger partial charge < -0.3 is 4.98 Å². The Labute approximate surface area is 210 Å². The number of nitrogens with one attached hydrogen (secondary N) is 1. The Morgan fingerprint density at radius 3 is 2.33 bits per heavy atom. The van der Waals surface area contributed by atoms with Crippen molar-refractivity contribution in [1.29, 1.82) is 0 Å². The molecule has 7 nitrogen and oxygen atoms in total. The number of aryl methyl sites for hydroxylation is 2. The van der Waals surface area contributed by atoms with Gasteiger partial charge in [-0.15, -0.1) is 5.10 Å². The summed E-state index contributed by atoms with van der Waals surface area (Å²) in [4.78, 5) is 19.0. The number of pyridine rings is 1. The Bertz CT molecular complexity index is 1520. The molecule has 1 N–H and O–H groups in total. The number of hydrogen-bond acceptors (Lipinski definition) is 5. The lowest BCUT2D eigenvalue weighted by Crippen LogP contribution is -2.35. The normalized spacial score (nSPS) is 12.3. The van der Waals surface area contributed by atoms with Crippen LogP contribution in [0.1, 0.15) is 46.6 Å².